The van der Waals surface area contributed by atoms with Gasteiger partial charge in [0.2, 0.25) is 0 Å². The molecule has 2 N–H and O–H groups in total. The molecule has 0 aliphatic carbocycles. The number of morpholine rings is 1. The van der Waals surface area contributed by atoms with E-state index < -0.39 is 0 Å². The quantitative estimate of drug-likeness (QED) is 0.242. The molecule has 1 fully saturated rings. The number of guanidine groups is 1. The van der Waals surface area contributed by atoms with Gasteiger partial charge in [-0.3, -0.25) is 4.99 Å². The fraction of sp³-hybridized carbons (Fsp3) is 0.650. The number of para-hydroxylation sites is 1. The van der Waals surface area contributed by atoms with E-state index >= 15 is 0 Å². The number of halogens is 1. The molecule has 1 atom stereocenters. The van der Waals surface area contributed by atoms with Crippen LogP contribution in [0.2, 0.25) is 0 Å². The van der Waals surface area contributed by atoms with Crippen molar-refractivity contribution in [2.24, 2.45) is 4.99 Å². The molecule has 1 heterocycles. The number of nitrogens with one attached hydrogen (secondary N) is 2. The molecule has 6 nitrogen and oxygen atoms in total. The maximum atomic E-state index is 5.79. The highest BCUT2D eigenvalue weighted by molar-refractivity contribution is 14.0. The predicted molar refractivity (Wildman–Crippen MR) is 126 cm³/mol. The van der Waals surface area contributed by atoms with Gasteiger partial charge in [0.25, 0.3) is 0 Å². The Labute approximate surface area is 181 Å². The van der Waals surface area contributed by atoms with Gasteiger partial charge < -0.3 is 25.2 Å². The molecular weight excluding hydrogens is 453 g/mol. The van der Waals surface area contributed by atoms with Crippen molar-refractivity contribution in [1.29, 1.82) is 0 Å². The van der Waals surface area contributed by atoms with E-state index in [9.17, 15) is 0 Å². The number of ether oxygens (including phenoxy) is 1. The van der Waals surface area contributed by atoms with E-state index in [1.54, 1.807) is 0 Å². The summed E-state index contributed by atoms with van der Waals surface area (Å²) in [5, 5.41) is 6.77. The zero-order valence-corrected chi connectivity index (χ0v) is 19.3. The Morgan fingerprint density at radius 3 is 2.70 bits per heavy atom. The first-order valence-electron chi connectivity index (χ1n) is 9.85. The van der Waals surface area contributed by atoms with Crippen molar-refractivity contribution in [2.45, 2.75) is 26.4 Å². The molecular formula is C20H36IN5O. The van der Waals surface area contributed by atoms with Crippen LogP contribution in [0.15, 0.2) is 35.3 Å². The third-order valence-electron chi connectivity index (χ3n) is 4.54. The molecule has 154 valence electrons. The van der Waals surface area contributed by atoms with Gasteiger partial charge in [-0.1, -0.05) is 18.2 Å². The van der Waals surface area contributed by atoms with Crippen LogP contribution in [0.5, 0.6) is 0 Å². The van der Waals surface area contributed by atoms with E-state index in [1.807, 2.05) is 0 Å². The largest absolute Gasteiger partial charge is 0.374 e. The summed E-state index contributed by atoms with van der Waals surface area (Å²) in [7, 11) is 2.13. The van der Waals surface area contributed by atoms with E-state index in [2.05, 4.69) is 71.7 Å². The van der Waals surface area contributed by atoms with Crippen LogP contribution in [0.1, 0.15) is 20.3 Å². The number of benzene rings is 1. The molecule has 1 aromatic rings. The summed E-state index contributed by atoms with van der Waals surface area (Å²) in [5.41, 5.74) is 1.29. The Kier molecular flexibility index (Phi) is 12.4. The third kappa shape index (κ3) is 9.12. The molecule has 27 heavy (non-hydrogen) atoms. The number of likely N-dealkylation sites (N-methyl/N-ethyl adjacent to an activating group) is 1. The minimum absolute atomic E-state index is 0. The summed E-state index contributed by atoms with van der Waals surface area (Å²) < 4.78 is 5.79. The van der Waals surface area contributed by atoms with E-state index in [1.165, 1.54) is 5.69 Å². The molecule has 0 bridgehead atoms. The predicted octanol–water partition coefficient (Wildman–Crippen LogP) is 2.41. The minimum atomic E-state index is 0. The molecule has 0 saturated carbocycles. The van der Waals surface area contributed by atoms with Gasteiger partial charge >= 0.3 is 0 Å². The topological polar surface area (TPSA) is 52.1 Å². The average molecular weight is 489 g/mol. The number of anilines is 1. The fourth-order valence-corrected chi connectivity index (χ4v) is 3.10. The number of rotatable bonds is 9. The lowest BCUT2D eigenvalue weighted by molar-refractivity contribution is -0.0136. The van der Waals surface area contributed by atoms with Gasteiger partial charge in [-0.15, -0.1) is 24.0 Å². The normalized spacial score (nSPS) is 17.9. The van der Waals surface area contributed by atoms with E-state index in [0.717, 1.165) is 58.3 Å². The van der Waals surface area contributed by atoms with Gasteiger partial charge in [0.15, 0.2) is 5.96 Å². The van der Waals surface area contributed by atoms with Crippen molar-refractivity contribution < 1.29 is 4.74 Å². The highest BCUT2D eigenvalue weighted by Crippen LogP contribution is 2.12. The standard InChI is InChI=1S/C20H35N5O.HI/c1-4-21-20(23-16-19-17-24(3)14-15-26-19)22-12-9-13-25(5-2)18-10-7-6-8-11-18;/h6-8,10-11,19H,4-5,9,12-17H2,1-3H3,(H2,21,22,23);1H. The molecule has 1 saturated heterocycles. The lowest BCUT2D eigenvalue weighted by atomic mass is 10.2. The second kappa shape index (κ2) is 14.0. The maximum absolute atomic E-state index is 5.79. The van der Waals surface area contributed by atoms with E-state index in [0.29, 0.717) is 6.54 Å². The number of hydrogen-bond acceptors (Lipinski definition) is 4. The zero-order valence-electron chi connectivity index (χ0n) is 17.0. The van der Waals surface area contributed by atoms with Crippen LogP contribution in [0.3, 0.4) is 0 Å². The molecule has 0 spiro atoms. The van der Waals surface area contributed by atoms with Crippen LogP contribution in [0.4, 0.5) is 5.69 Å². The monoisotopic (exact) mass is 489 g/mol. The van der Waals surface area contributed by atoms with Crippen molar-refractivity contribution in [1.82, 2.24) is 15.5 Å². The average Bonchev–Trinajstić information content (AvgIpc) is 2.67. The summed E-state index contributed by atoms with van der Waals surface area (Å²) in [5.74, 6) is 0.882. The van der Waals surface area contributed by atoms with Gasteiger partial charge in [0.05, 0.1) is 19.3 Å². The first kappa shape index (κ1) is 24.0. The Morgan fingerprint density at radius 2 is 2.04 bits per heavy atom. The van der Waals surface area contributed by atoms with Gasteiger partial charge in [-0.25, -0.2) is 0 Å². The number of nitrogens with zero attached hydrogens (tertiary/aromatic N) is 3. The molecule has 0 radical (unpaired) electrons. The van der Waals surface area contributed by atoms with Crippen molar-refractivity contribution in [3.05, 3.63) is 30.3 Å². The highest BCUT2D eigenvalue weighted by Gasteiger charge is 2.17. The van der Waals surface area contributed by atoms with Gasteiger partial charge in [-0.05, 0) is 39.4 Å². The van der Waals surface area contributed by atoms with E-state index in [-0.39, 0.29) is 30.1 Å². The third-order valence-corrected chi connectivity index (χ3v) is 4.54. The van der Waals surface area contributed by atoms with Gasteiger partial charge in [-0.2, -0.15) is 0 Å². The molecule has 0 amide bonds. The first-order valence-corrected chi connectivity index (χ1v) is 9.85. The number of aliphatic imine (C=N–C) groups is 1. The van der Waals surface area contributed by atoms with Gasteiger partial charge in [0, 0.05) is 45.0 Å². The van der Waals surface area contributed by atoms with Gasteiger partial charge in [0.1, 0.15) is 0 Å². The van der Waals surface area contributed by atoms with Crippen molar-refractivity contribution in [3.63, 3.8) is 0 Å². The van der Waals surface area contributed by atoms with Crippen molar-refractivity contribution in [2.75, 3.05) is 64.4 Å². The molecule has 1 unspecified atom stereocenters. The smallest absolute Gasteiger partial charge is 0.191 e. The summed E-state index contributed by atoms with van der Waals surface area (Å²) in [6, 6.07) is 10.6. The van der Waals surface area contributed by atoms with Crippen LogP contribution in [-0.4, -0.2) is 76.4 Å². The number of hydrogen-bond donors (Lipinski definition) is 2. The van der Waals surface area contributed by atoms with Crippen molar-refractivity contribution in [3.8, 4) is 0 Å². The molecule has 2 rings (SSSR count). The molecule has 0 aromatic heterocycles. The van der Waals surface area contributed by atoms with Crippen LogP contribution >= 0.6 is 24.0 Å². The molecule has 1 aliphatic heterocycles. The molecule has 1 aliphatic rings. The first-order chi connectivity index (χ1) is 12.7. The van der Waals surface area contributed by atoms with Crippen LogP contribution < -0.4 is 15.5 Å². The van der Waals surface area contributed by atoms with E-state index in [4.69, 9.17) is 9.73 Å². The lowest BCUT2D eigenvalue weighted by Crippen LogP contribution is -2.43. The fourth-order valence-electron chi connectivity index (χ4n) is 3.10. The summed E-state index contributed by atoms with van der Waals surface area (Å²) in [6.07, 6.45) is 1.26. The maximum Gasteiger partial charge on any atom is 0.191 e. The second-order valence-corrected chi connectivity index (χ2v) is 6.67. The molecule has 7 heteroatoms. The summed E-state index contributed by atoms with van der Waals surface area (Å²) in [4.78, 5) is 9.39. The Hall–Kier alpha value is -1.06. The van der Waals surface area contributed by atoms with Crippen molar-refractivity contribution >= 4 is 35.6 Å². The Bertz CT molecular complexity index is 528. The lowest BCUT2D eigenvalue weighted by Gasteiger charge is -2.29. The summed E-state index contributed by atoms with van der Waals surface area (Å²) >= 11 is 0. The minimum Gasteiger partial charge on any atom is -0.374 e. The van der Waals surface area contributed by atoms with Crippen LogP contribution in [0.25, 0.3) is 0 Å². The Morgan fingerprint density at radius 1 is 1.26 bits per heavy atom. The SMILES string of the molecule is CCNC(=NCC1CN(C)CCO1)NCCCN(CC)c1ccccc1.I. The van der Waals surface area contributed by atoms with Crippen LogP contribution in [-0.2, 0) is 4.74 Å². The molecule has 1 aromatic carbocycles. The van der Waals surface area contributed by atoms with Crippen LogP contribution in [0, 0.1) is 0 Å². The zero-order chi connectivity index (χ0) is 18.6. The Balaban J connectivity index is 0.00000364. The summed E-state index contributed by atoms with van der Waals surface area (Å²) in [6.45, 7) is 11.6. The highest BCUT2D eigenvalue weighted by atomic mass is 127. The second-order valence-electron chi connectivity index (χ2n) is 6.67.